The molecule has 0 radical (unpaired) electrons. The van der Waals surface area contributed by atoms with Gasteiger partial charge in [0.2, 0.25) is 0 Å². The summed E-state index contributed by atoms with van der Waals surface area (Å²) in [5.74, 6) is -0.565. The molecule has 4 nitrogen and oxygen atoms in total. The molecule has 1 unspecified atom stereocenters. The molecule has 0 aromatic heterocycles. The van der Waals surface area contributed by atoms with Crippen molar-refractivity contribution in [1.29, 1.82) is 0 Å². The molecule has 1 atom stereocenters. The Morgan fingerprint density at radius 2 is 2.07 bits per heavy atom. The topological polar surface area (TPSA) is 47.6 Å². The van der Waals surface area contributed by atoms with E-state index >= 15 is 0 Å². The molecule has 90 valence electrons. The van der Waals surface area contributed by atoms with Crippen molar-refractivity contribution < 1.29 is 27.4 Å². The average molecular weight is 229 g/mol. The zero-order chi connectivity index (χ0) is 11.9. The summed E-state index contributed by atoms with van der Waals surface area (Å²) >= 11 is 0. The van der Waals surface area contributed by atoms with Crippen LogP contribution in [0.5, 0.6) is 0 Å². The standard InChI is InChI=1S/C8H14F3NO3/c1-12-6(7(13)14-2)5-15-4-3-8(9,10)11/h6,12H,3-5H2,1-2H3. The van der Waals surface area contributed by atoms with Crippen molar-refractivity contribution in [2.45, 2.75) is 18.6 Å². The molecule has 1 N–H and O–H groups in total. The van der Waals surface area contributed by atoms with Gasteiger partial charge in [-0.05, 0) is 7.05 Å². The first kappa shape index (κ1) is 14.2. The number of alkyl halides is 3. The lowest BCUT2D eigenvalue weighted by Gasteiger charge is -2.14. The second kappa shape index (κ2) is 6.62. The second-order valence-corrected chi connectivity index (χ2v) is 2.80. The summed E-state index contributed by atoms with van der Waals surface area (Å²) in [4.78, 5) is 10.9. The number of nitrogens with one attached hydrogen (secondary N) is 1. The summed E-state index contributed by atoms with van der Waals surface area (Å²) in [5, 5.41) is 2.57. The fraction of sp³-hybridized carbons (Fsp3) is 0.875. The van der Waals surface area contributed by atoms with Crippen LogP contribution in [0.25, 0.3) is 0 Å². The van der Waals surface area contributed by atoms with Gasteiger partial charge in [-0.2, -0.15) is 13.2 Å². The monoisotopic (exact) mass is 229 g/mol. The Morgan fingerprint density at radius 1 is 1.47 bits per heavy atom. The zero-order valence-electron chi connectivity index (χ0n) is 8.56. The molecule has 0 rings (SSSR count). The Kier molecular flexibility index (Phi) is 6.26. The number of likely N-dealkylation sites (N-methyl/N-ethyl adjacent to an activating group) is 1. The van der Waals surface area contributed by atoms with Crippen molar-refractivity contribution in [3.63, 3.8) is 0 Å². The predicted octanol–water partition coefficient (Wildman–Crippen LogP) is 0.716. The molecular weight excluding hydrogens is 215 g/mol. The lowest BCUT2D eigenvalue weighted by atomic mass is 10.3. The first-order chi connectivity index (χ1) is 6.90. The predicted molar refractivity (Wildman–Crippen MR) is 46.4 cm³/mol. The van der Waals surface area contributed by atoms with E-state index in [1.54, 1.807) is 0 Å². The van der Waals surface area contributed by atoms with Crippen molar-refractivity contribution in [3.8, 4) is 0 Å². The third-order valence-corrected chi connectivity index (χ3v) is 1.65. The summed E-state index contributed by atoms with van der Waals surface area (Å²) < 4.78 is 44.2. The largest absolute Gasteiger partial charge is 0.468 e. The quantitative estimate of drug-likeness (QED) is 0.538. The van der Waals surface area contributed by atoms with E-state index in [0.717, 1.165) is 0 Å². The molecule has 0 aliphatic rings. The van der Waals surface area contributed by atoms with Gasteiger partial charge in [0.15, 0.2) is 0 Å². The molecule has 0 aliphatic carbocycles. The van der Waals surface area contributed by atoms with Crippen LogP contribution >= 0.6 is 0 Å². The van der Waals surface area contributed by atoms with Gasteiger partial charge in [0.05, 0.1) is 26.7 Å². The van der Waals surface area contributed by atoms with E-state index in [-0.39, 0.29) is 6.61 Å². The van der Waals surface area contributed by atoms with Crippen LogP contribution in [0.1, 0.15) is 6.42 Å². The maximum atomic E-state index is 11.7. The highest BCUT2D eigenvalue weighted by Crippen LogP contribution is 2.18. The van der Waals surface area contributed by atoms with Gasteiger partial charge < -0.3 is 14.8 Å². The lowest BCUT2D eigenvalue weighted by Crippen LogP contribution is -2.39. The Bertz CT molecular complexity index is 196. The van der Waals surface area contributed by atoms with Gasteiger partial charge in [-0.15, -0.1) is 0 Å². The van der Waals surface area contributed by atoms with Crippen LogP contribution < -0.4 is 5.32 Å². The molecular formula is C8H14F3NO3. The minimum Gasteiger partial charge on any atom is -0.468 e. The number of ether oxygens (including phenoxy) is 2. The SMILES string of the molecule is CNC(COCCC(F)(F)F)C(=O)OC. The van der Waals surface area contributed by atoms with E-state index in [1.807, 2.05) is 0 Å². The van der Waals surface area contributed by atoms with Gasteiger partial charge in [-0.3, -0.25) is 4.79 Å². The maximum Gasteiger partial charge on any atom is 0.391 e. The molecule has 0 aromatic rings. The molecule has 0 saturated carbocycles. The first-order valence-electron chi connectivity index (χ1n) is 4.30. The number of halogens is 3. The van der Waals surface area contributed by atoms with Crippen LogP contribution in [0.3, 0.4) is 0 Å². The lowest BCUT2D eigenvalue weighted by molar-refractivity contribution is -0.150. The number of methoxy groups -OCH3 is 1. The summed E-state index contributed by atoms with van der Waals surface area (Å²) in [6.07, 6.45) is -5.26. The average Bonchev–Trinajstić information content (AvgIpc) is 2.15. The van der Waals surface area contributed by atoms with Crippen LogP contribution in [-0.2, 0) is 14.3 Å². The highest BCUT2D eigenvalue weighted by molar-refractivity contribution is 5.75. The minimum atomic E-state index is -4.24. The number of esters is 1. The zero-order valence-corrected chi connectivity index (χ0v) is 8.56. The second-order valence-electron chi connectivity index (χ2n) is 2.80. The van der Waals surface area contributed by atoms with Crippen LogP contribution in [0.4, 0.5) is 13.2 Å². The smallest absolute Gasteiger partial charge is 0.391 e. The van der Waals surface area contributed by atoms with Gasteiger partial charge in [0, 0.05) is 0 Å². The Hall–Kier alpha value is -0.820. The fourth-order valence-corrected chi connectivity index (χ4v) is 0.801. The van der Waals surface area contributed by atoms with E-state index in [4.69, 9.17) is 4.74 Å². The van der Waals surface area contributed by atoms with E-state index < -0.39 is 31.2 Å². The molecule has 0 amide bonds. The van der Waals surface area contributed by atoms with Crippen molar-refractivity contribution in [2.24, 2.45) is 0 Å². The number of hydrogen-bond acceptors (Lipinski definition) is 4. The molecule has 0 saturated heterocycles. The number of carbonyl (C=O) groups excluding carboxylic acids is 1. The van der Waals surface area contributed by atoms with E-state index in [0.29, 0.717) is 0 Å². The summed E-state index contributed by atoms with van der Waals surface area (Å²) in [6, 6.07) is -0.733. The highest BCUT2D eigenvalue weighted by Gasteiger charge is 2.27. The normalized spacial score (nSPS) is 13.7. The van der Waals surface area contributed by atoms with Crippen LogP contribution in [0.15, 0.2) is 0 Å². The van der Waals surface area contributed by atoms with E-state index in [2.05, 4.69) is 10.1 Å². The van der Waals surface area contributed by atoms with Crippen LogP contribution in [-0.4, -0.2) is 45.6 Å². The molecule has 0 aromatic carbocycles. The molecule has 7 heteroatoms. The number of hydrogen-bond donors (Lipinski definition) is 1. The Labute approximate surface area is 85.7 Å². The third-order valence-electron chi connectivity index (χ3n) is 1.65. The van der Waals surface area contributed by atoms with Crippen LogP contribution in [0, 0.1) is 0 Å². The minimum absolute atomic E-state index is 0.140. The fourth-order valence-electron chi connectivity index (χ4n) is 0.801. The van der Waals surface area contributed by atoms with Gasteiger partial charge in [-0.25, -0.2) is 0 Å². The molecule has 0 heterocycles. The Morgan fingerprint density at radius 3 is 2.47 bits per heavy atom. The molecule has 0 bridgehead atoms. The number of carbonyl (C=O) groups is 1. The third kappa shape index (κ3) is 7.15. The summed E-state index contributed by atoms with van der Waals surface area (Å²) in [5.41, 5.74) is 0. The molecule has 0 fully saturated rings. The summed E-state index contributed by atoms with van der Waals surface area (Å²) in [7, 11) is 2.69. The Balaban J connectivity index is 3.69. The number of rotatable bonds is 6. The maximum absolute atomic E-state index is 11.7. The van der Waals surface area contributed by atoms with Crippen molar-refractivity contribution in [1.82, 2.24) is 5.32 Å². The van der Waals surface area contributed by atoms with Gasteiger partial charge in [-0.1, -0.05) is 0 Å². The van der Waals surface area contributed by atoms with Gasteiger partial charge in [0.1, 0.15) is 6.04 Å². The van der Waals surface area contributed by atoms with Gasteiger partial charge >= 0.3 is 12.1 Å². The summed E-state index contributed by atoms with van der Waals surface area (Å²) in [6.45, 7) is -0.599. The highest BCUT2D eigenvalue weighted by atomic mass is 19.4. The first-order valence-corrected chi connectivity index (χ1v) is 4.30. The molecule has 0 spiro atoms. The van der Waals surface area contributed by atoms with E-state index in [1.165, 1.54) is 14.2 Å². The van der Waals surface area contributed by atoms with Crippen molar-refractivity contribution in [3.05, 3.63) is 0 Å². The van der Waals surface area contributed by atoms with Crippen LogP contribution in [0.2, 0.25) is 0 Å². The molecule has 0 aliphatic heterocycles. The van der Waals surface area contributed by atoms with Crippen molar-refractivity contribution in [2.75, 3.05) is 27.4 Å². The van der Waals surface area contributed by atoms with E-state index in [9.17, 15) is 18.0 Å². The molecule has 15 heavy (non-hydrogen) atoms. The van der Waals surface area contributed by atoms with Gasteiger partial charge in [0.25, 0.3) is 0 Å². The van der Waals surface area contributed by atoms with Crippen molar-refractivity contribution >= 4 is 5.97 Å².